The Balaban J connectivity index is 2.42. The monoisotopic (exact) mass is 330 g/mol. The first kappa shape index (κ1) is 16.2. The van der Waals surface area contributed by atoms with Gasteiger partial charge in [-0.3, -0.25) is 4.57 Å². The van der Waals surface area contributed by atoms with Gasteiger partial charge in [0.15, 0.2) is 5.85 Å². The van der Waals surface area contributed by atoms with E-state index in [0.29, 0.717) is 0 Å². The number of fused-ring (bicyclic) bond motifs is 2. The average molecular weight is 330 g/mol. The van der Waals surface area contributed by atoms with Crippen molar-refractivity contribution >= 4 is 29.1 Å². The van der Waals surface area contributed by atoms with E-state index in [0.717, 1.165) is 27.1 Å². The van der Waals surface area contributed by atoms with E-state index in [-0.39, 0.29) is 0 Å². The Labute approximate surface area is 135 Å². The molecule has 3 rings (SSSR count). The molecular weight excluding hydrogens is 311 g/mol. The first-order valence-corrected chi connectivity index (χ1v) is 8.90. The molecule has 0 radical (unpaired) electrons. The largest absolute Gasteiger partial charge is 0.364 e. The van der Waals surface area contributed by atoms with Gasteiger partial charge < -0.3 is 13.8 Å². The van der Waals surface area contributed by atoms with E-state index in [1.807, 2.05) is 48.5 Å². The van der Waals surface area contributed by atoms with E-state index in [1.54, 1.807) is 0 Å². The summed E-state index contributed by atoms with van der Waals surface area (Å²) in [5.41, 5.74) is 0.827. The maximum atomic E-state index is 13.0. The van der Waals surface area contributed by atoms with Gasteiger partial charge in [-0.2, -0.15) is 0 Å². The third-order valence-corrected chi connectivity index (χ3v) is 6.14. The van der Waals surface area contributed by atoms with Gasteiger partial charge in [-0.05, 0) is 27.6 Å². The van der Waals surface area contributed by atoms with Crippen LogP contribution in [-0.2, 0) is 18.3 Å². The van der Waals surface area contributed by atoms with Crippen LogP contribution >= 0.6 is 7.60 Å². The Hall–Kier alpha value is -1.71. The van der Waals surface area contributed by atoms with Crippen LogP contribution < -0.4 is 0 Å². The highest BCUT2D eigenvalue weighted by atomic mass is 31.2. The lowest BCUT2D eigenvalue weighted by molar-refractivity contribution is 0.125. The average Bonchev–Trinajstić information content (AvgIpc) is 2.61. The zero-order chi connectivity index (χ0) is 16.4. The fraction of sp³-hybridized carbons (Fsp3) is 0.222. The molecule has 0 fully saturated rings. The summed E-state index contributed by atoms with van der Waals surface area (Å²) < 4.78 is 29.0. The fourth-order valence-corrected chi connectivity index (χ4v) is 4.37. The number of benzene rings is 3. The number of ether oxygens (including phenoxy) is 1. The van der Waals surface area contributed by atoms with Crippen molar-refractivity contribution in [1.29, 1.82) is 0 Å². The van der Waals surface area contributed by atoms with Crippen LogP contribution in [0.1, 0.15) is 11.4 Å². The molecule has 0 N–H and O–H groups in total. The van der Waals surface area contributed by atoms with Gasteiger partial charge in [0, 0.05) is 26.9 Å². The highest BCUT2D eigenvalue weighted by Crippen LogP contribution is 2.61. The molecule has 0 saturated heterocycles. The molecule has 1 atom stereocenters. The number of hydrogen-bond acceptors (Lipinski definition) is 4. The van der Waals surface area contributed by atoms with Crippen LogP contribution in [0, 0.1) is 0 Å². The van der Waals surface area contributed by atoms with Crippen molar-refractivity contribution in [2.45, 2.75) is 5.85 Å². The Kier molecular flexibility index (Phi) is 4.51. The Morgan fingerprint density at radius 3 is 1.74 bits per heavy atom. The van der Waals surface area contributed by atoms with E-state index in [4.69, 9.17) is 13.8 Å². The maximum absolute atomic E-state index is 13.0. The summed E-state index contributed by atoms with van der Waals surface area (Å²) in [6, 6.07) is 18.0. The second-order valence-electron chi connectivity index (χ2n) is 5.23. The number of rotatable bonds is 5. The summed E-state index contributed by atoms with van der Waals surface area (Å²) >= 11 is 0. The highest BCUT2D eigenvalue weighted by molar-refractivity contribution is 7.54. The molecule has 0 spiro atoms. The van der Waals surface area contributed by atoms with Crippen LogP contribution in [0.25, 0.3) is 21.5 Å². The predicted molar refractivity (Wildman–Crippen MR) is 92.8 cm³/mol. The molecule has 0 heterocycles. The molecule has 0 amide bonds. The lowest BCUT2D eigenvalue weighted by Gasteiger charge is -2.25. The van der Waals surface area contributed by atoms with E-state index >= 15 is 0 Å². The van der Waals surface area contributed by atoms with Crippen LogP contribution in [-0.4, -0.2) is 21.3 Å². The smallest absolute Gasteiger partial charge is 0.363 e. The molecule has 5 heteroatoms. The quantitative estimate of drug-likeness (QED) is 0.481. The number of hydrogen-bond donors (Lipinski definition) is 0. The molecule has 23 heavy (non-hydrogen) atoms. The molecule has 0 saturated carbocycles. The molecule has 0 aliphatic heterocycles. The lowest BCUT2D eigenvalue weighted by Crippen LogP contribution is -2.07. The third-order valence-electron chi connectivity index (χ3n) is 4.08. The van der Waals surface area contributed by atoms with Crippen molar-refractivity contribution in [2.75, 3.05) is 21.3 Å². The van der Waals surface area contributed by atoms with Crippen molar-refractivity contribution < 1.29 is 18.3 Å². The van der Waals surface area contributed by atoms with Gasteiger partial charge in [0.25, 0.3) is 0 Å². The third kappa shape index (κ3) is 2.68. The second kappa shape index (κ2) is 6.42. The first-order valence-electron chi connectivity index (χ1n) is 7.29. The Morgan fingerprint density at radius 1 is 0.826 bits per heavy atom. The summed E-state index contributed by atoms with van der Waals surface area (Å²) in [4.78, 5) is 0. The van der Waals surface area contributed by atoms with E-state index in [9.17, 15) is 4.57 Å². The molecule has 4 nitrogen and oxygen atoms in total. The van der Waals surface area contributed by atoms with Crippen LogP contribution in [0.3, 0.4) is 0 Å². The van der Waals surface area contributed by atoms with Crippen LogP contribution in [0.4, 0.5) is 0 Å². The summed E-state index contributed by atoms with van der Waals surface area (Å²) in [7, 11) is 0.833. The zero-order valence-electron chi connectivity index (χ0n) is 13.4. The Bertz CT molecular complexity index is 828. The number of methoxy groups -OCH3 is 1. The van der Waals surface area contributed by atoms with Crippen molar-refractivity contribution in [1.82, 2.24) is 0 Å². The maximum Gasteiger partial charge on any atom is 0.363 e. The molecular formula is C18H19O4P. The van der Waals surface area contributed by atoms with Crippen LogP contribution in [0.5, 0.6) is 0 Å². The van der Waals surface area contributed by atoms with Gasteiger partial charge in [0.05, 0.1) is 0 Å². The van der Waals surface area contributed by atoms with E-state index in [2.05, 4.69) is 6.07 Å². The summed E-state index contributed by atoms with van der Waals surface area (Å²) in [6.07, 6.45) is 0. The van der Waals surface area contributed by atoms with E-state index in [1.165, 1.54) is 21.3 Å². The Morgan fingerprint density at radius 2 is 1.30 bits per heavy atom. The normalized spacial score (nSPS) is 13.5. The minimum Gasteiger partial charge on any atom is -0.364 e. The van der Waals surface area contributed by atoms with Crippen molar-refractivity contribution in [3.63, 3.8) is 0 Å². The minimum atomic E-state index is -3.44. The van der Waals surface area contributed by atoms with Gasteiger partial charge in [-0.1, -0.05) is 48.5 Å². The standard InChI is InChI=1S/C18H19O4P/c1-20-18(23(19,21-2)22-3)17-15-10-6-4-8-13(15)12-14-9-5-7-11-16(14)17/h4-12,18H,1-3H3. The van der Waals surface area contributed by atoms with Crippen molar-refractivity contribution in [2.24, 2.45) is 0 Å². The van der Waals surface area contributed by atoms with Gasteiger partial charge in [0.2, 0.25) is 0 Å². The lowest BCUT2D eigenvalue weighted by atomic mass is 9.97. The summed E-state index contributed by atoms with van der Waals surface area (Å²) in [5, 5.41) is 4.07. The minimum absolute atomic E-state index is 0.798. The molecule has 3 aromatic carbocycles. The molecule has 0 aromatic heterocycles. The molecule has 120 valence electrons. The van der Waals surface area contributed by atoms with Crippen molar-refractivity contribution in [3.05, 3.63) is 60.2 Å². The molecule has 3 aromatic rings. The van der Waals surface area contributed by atoms with Gasteiger partial charge in [-0.15, -0.1) is 0 Å². The molecule has 1 unspecified atom stereocenters. The first-order chi connectivity index (χ1) is 11.1. The summed E-state index contributed by atoms with van der Waals surface area (Å²) in [6.45, 7) is 0. The summed E-state index contributed by atoms with van der Waals surface area (Å²) in [5.74, 6) is -0.798. The van der Waals surface area contributed by atoms with Crippen molar-refractivity contribution in [3.8, 4) is 0 Å². The van der Waals surface area contributed by atoms with Gasteiger partial charge in [-0.25, -0.2) is 0 Å². The molecule has 0 aliphatic carbocycles. The zero-order valence-corrected chi connectivity index (χ0v) is 14.2. The highest BCUT2D eigenvalue weighted by Gasteiger charge is 2.37. The van der Waals surface area contributed by atoms with E-state index < -0.39 is 13.4 Å². The topological polar surface area (TPSA) is 44.8 Å². The van der Waals surface area contributed by atoms with Gasteiger partial charge >= 0.3 is 7.60 Å². The SMILES string of the molecule is COC(c1c2ccccc2cc2ccccc12)P(=O)(OC)OC. The predicted octanol–water partition coefficient (Wildman–Crippen LogP) is 5.12. The van der Waals surface area contributed by atoms with Crippen LogP contribution in [0.2, 0.25) is 0 Å². The van der Waals surface area contributed by atoms with Gasteiger partial charge in [0.1, 0.15) is 0 Å². The molecule has 0 bridgehead atoms. The molecule has 0 aliphatic rings. The second-order valence-corrected chi connectivity index (χ2v) is 7.50. The fourth-order valence-electron chi connectivity index (χ4n) is 2.99. The van der Waals surface area contributed by atoms with Crippen LogP contribution in [0.15, 0.2) is 54.6 Å².